The average molecular weight is 288 g/mol. The van der Waals surface area contributed by atoms with Crippen LogP contribution in [-0.4, -0.2) is 47.0 Å². The molecule has 2 heterocycles. The lowest BCUT2D eigenvalue weighted by Gasteiger charge is -2.30. The molecule has 7 nitrogen and oxygen atoms in total. The molecular formula is C11H16N2O5S. The summed E-state index contributed by atoms with van der Waals surface area (Å²) in [6.07, 6.45) is 1.59. The summed E-state index contributed by atoms with van der Waals surface area (Å²) >= 11 is 0. The number of aromatic nitrogens is 1. The maximum absolute atomic E-state index is 10.7. The van der Waals surface area contributed by atoms with Gasteiger partial charge in [0, 0.05) is 30.4 Å². The van der Waals surface area contributed by atoms with Gasteiger partial charge in [0.05, 0.1) is 18.1 Å². The summed E-state index contributed by atoms with van der Waals surface area (Å²) < 4.78 is 35.8. The highest BCUT2D eigenvalue weighted by molar-refractivity contribution is 7.85. The van der Waals surface area contributed by atoms with Crippen molar-refractivity contribution in [3.8, 4) is 5.75 Å². The van der Waals surface area contributed by atoms with Crippen LogP contribution in [0, 0.1) is 6.92 Å². The lowest BCUT2D eigenvalue weighted by Crippen LogP contribution is -2.36. The molecule has 0 unspecified atom stereocenters. The molecule has 8 heteroatoms. The van der Waals surface area contributed by atoms with Gasteiger partial charge in [-0.1, -0.05) is 0 Å². The first kappa shape index (κ1) is 14.2. The van der Waals surface area contributed by atoms with E-state index in [2.05, 4.69) is 4.98 Å². The smallest absolute Gasteiger partial charge is 0.266 e. The fraction of sp³-hybridized carbons (Fsp3) is 0.545. The summed E-state index contributed by atoms with van der Waals surface area (Å²) in [7, 11) is -3.98. The highest BCUT2D eigenvalue weighted by Crippen LogP contribution is 2.30. The Kier molecular flexibility index (Phi) is 4.04. The normalized spacial score (nSPS) is 15.9. The van der Waals surface area contributed by atoms with Crippen molar-refractivity contribution < 1.29 is 22.8 Å². The van der Waals surface area contributed by atoms with Gasteiger partial charge in [-0.2, -0.15) is 8.42 Å². The number of rotatable bonds is 4. The van der Waals surface area contributed by atoms with Crippen molar-refractivity contribution in [3.63, 3.8) is 0 Å². The fourth-order valence-corrected chi connectivity index (χ4v) is 2.48. The molecule has 0 radical (unpaired) electrons. The third-order valence-corrected chi connectivity index (χ3v) is 3.71. The minimum atomic E-state index is -3.98. The van der Waals surface area contributed by atoms with Gasteiger partial charge in [-0.25, -0.2) is 0 Å². The van der Waals surface area contributed by atoms with Crippen molar-refractivity contribution in [2.24, 2.45) is 0 Å². The van der Waals surface area contributed by atoms with Crippen LogP contribution in [0.5, 0.6) is 5.75 Å². The molecule has 19 heavy (non-hydrogen) atoms. The molecule has 106 valence electrons. The van der Waals surface area contributed by atoms with Gasteiger partial charge in [-0.3, -0.25) is 14.4 Å². The van der Waals surface area contributed by atoms with Gasteiger partial charge in [-0.15, -0.1) is 0 Å². The van der Waals surface area contributed by atoms with Gasteiger partial charge in [0.25, 0.3) is 10.1 Å². The van der Waals surface area contributed by atoms with Gasteiger partial charge in [0.2, 0.25) is 0 Å². The lowest BCUT2D eigenvalue weighted by atomic mass is 10.1. The number of pyridine rings is 1. The number of nitrogens with zero attached hydrogens (tertiary/aromatic N) is 2. The molecular weight excluding hydrogens is 272 g/mol. The Labute approximate surface area is 111 Å². The maximum atomic E-state index is 10.7. The number of aliphatic hydroxyl groups excluding tert-OH is 1. The second-order valence-corrected chi connectivity index (χ2v) is 6.02. The van der Waals surface area contributed by atoms with E-state index in [1.165, 1.54) is 0 Å². The minimum Gasteiger partial charge on any atom is -0.476 e. The van der Waals surface area contributed by atoms with Crippen LogP contribution >= 0.6 is 0 Å². The van der Waals surface area contributed by atoms with Gasteiger partial charge >= 0.3 is 0 Å². The standard InChI is InChI=1S/C11H16N2O5S/c1-8-11-10(9(6-14)4-12-8)5-13(7-18-11)2-3-19(15,16)17/h4,14H,2-3,5-7H2,1H3,(H,15,16,17). The molecule has 2 rings (SSSR count). The monoisotopic (exact) mass is 288 g/mol. The molecule has 0 aliphatic carbocycles. The zero-order valence-electron chi connectivity index (χ0n) is 10.5. The Balaban J connectivity index is 2.16. The molecule has 2 N–H and O–H groups in total. The summed E-state index contributed by atoms with van der Waals surface area (Å²) in [5.74, 6) is 0.305. The molecule has 0 aromatic carbocycles. The molecule has 1 aliphatic rings. The zero-order valence-corrected chi connectivity index (χ0v) is 11.4. The van der Waals surface area contributed by atoms with E-state index < -0.39 is 10.1 Å². The first-order chi connectivity index (χ1) is 8.90. The third kappa shape index (κ3) is 3.41. The molecule has 1 aliphatic heterocycles. The van der Waals surface area contributed by atoms with Crippen LogP contribution in [0.1, 0.15) is 16.8 Å². The second kappa shape index (κ2) is 5.41. The molecule has 0 saturated heterocycles. The van der Waals surface area contributed by atoms with Crippen LogP contribution in [0.4, 0.5) is 0 Å². The van der Waals surface area contributed by atoms with E-state index in [9.17, 15) is 13.5 Å². The van der Waals surface area contributed by atoms with Crippen molar-refractivity contribution in [3.05, 3.63) is 23.0 Å². The SMILES string of the molecule is Cc1ncc(CO)c2c1OCN(CCS(=O)(=O)O)C2. The fourth-order valence-electron chi connectivity index (χ4n) is 1.99. The first-order valence-corrected chi connectivity index (χ1v) is 7.40. The predicted octanol–water partition coefficient (Wildman–Crippen LogP) is -0.0780. The van der Waals surface area contributed by atoms with Gasteiger partial charge < -0.3 is 9.84 Å². The van der Waals surface area contributed by atoms with E-state index in [-0.39, 0.29) is 25.6 Å². The Bertz CT molecular complexity index is 573. The Morgan fingerprint density at radius 3 is 2.89 bits per heavy atom. The van der Waals surface area contributed by atoms with Crippen LogP contribution < -0.4 is 4.74 Å². The van der Waals surface area contributed by atoms with Crippen LogP contribution in [0.2, 0.25) is 0 Å². The number of hydrogen-bond donors (Lipinski definition) is 2. The summed E-state index contributed by atoms with van der Waals surface area (Å²) in [6, 6.07) is 0. The second-order valence-electron chi connectivity index (χ2n) is 4.45. The molecule has 1 aromatic rings. The van der Waals surface area contributed by atoms with E-state index in [0.29, 0.717) is 17.9 Å². The maximum Gasteiger partial charge on any atom is 0.266 e. The molecule has 0 bridgehead atoms. The van der Waals surface area contributed by atoms with Gasteiger partial charge in [0.1, 0.15) is 12.5 Å². The number of ether oxygens (including phenoxy) is 1. The molecule has 0 amide bonds. The van der Waals surface area contributed by atoms with Crippen molar-refractivity contribution >= 4 is 10.1 Å². The predicted molar refractivity (Wildman–Crippen MR) is 67.2 cm³/mol. The molecule has 0 saturated carbocycles. The van der Waals surface area contributed by atoms with Crippen molar-refractivity contribution in [1.82, 2.24) is 9.88 Å². The molecule has 0 atom stereocenters. The number of aryl methyl sites for hydroxylation is 1. The Morgan fingerprint density at radius 1 is 1.53 bits per heavy atom. The number of fused-ring (bicyclic) bond motifs is 1. The van der Waals surface area contributed by atoms with Crippen molar-refractivity contribution in [1.29, 1.82) is 0 Å². The highest BCUT2D eigenvalue weighted by Gasteiger charge is 2.23. The van der Waals surface area contributed by atoms with E-state index in [4.69, 9.17) is 9.29 Å². The van der Waals surface area contributed by atoms with Crippen LogP contribution in [0.25, 0.3) is 0 Å². The quantitative estimate of drug-likeness (QED) is 0.747. The summed E-state index contributed by atoms with van der Waals surface area (Å²) in [6.45, 7) is 2.54. The summed E-state index contributed by atoms with van der Waals surface area (Å²) in [5.41, 5.74) is 2.22. The molecule has 0 spiro atoms. The van der Waals surface area contributed by atoms with Crippen molar-refractivity contribution in [2.45, 2.75) is 20.1 Å². The van der Waals surface area contributed by atoms with E-state index in [0.717, 1.165) is 11.3 Å². The first-order valence-electron chi connectivity index (χ1n) is 5.79. The number of hydrogen-bond acceptors (Lipinski definition) is 6. The minimum absolute atomic E-state index is 0.148. The number of aliphatic hydroxyl groups is 1. The molecule has 1 aromatic heterocycles. The summed E-state index contributed by atoms with van der Waals surface area (Å²) in [5, 5.41) is 9.28. The Morgan fingerprint density at radius 2 is 2.26 bits per heavy atom. The zero-order chi connectivity index (χ0) is 14.0. The topological polar surface area (TPSA) is 100.0 Å². The average Bonchev–Trinajstić information content (AvgIpc) is 2.36. The highest BCUT2D eigenvalue weighted by atomic mass is 32.2. The third-order valence-electron chi connectivity index (χ3n) is 3.01. The van der Waals surface area contributed by atoms with Crippen LogP contribution in [0.15, 0.2) is 6.20 Å². The van der Waals surface area contributed by atoms with Crippen LogP contribution in [0.3, 0.4) is 0 Å². The molecule has 0 fully saturated rings. The largest absolute Gasteiger partial charge is 0.476 e. The van der Waals surface area contributed by atoms with E-state index in [1.54, 1.807) is 11.1 Å². The van der Waals surface area contributed by atoms with E-state index >= 15 is 0 Å². The lowest BCUT2D eigenvalue weighted by molar-refractivity contribution is 0.0979. The van der Waals surface area contributed by atoms with Crippen molar-refractivity contribution in [2.75, 3.05) is 19.0 Å². The Hall–Kier alpha value is -1.22. The van der Waals surface area contributed by atoms with Gasteiger partial charge in [0.15, 0.2) is 0 Å². The van der Waals surface area contributed by atoms with Crippen LogP contribution in [-0.2, 0) is 23.3 Å². The van der Waals surface area contributed by atoms with Gasteiger partial charge in [-0.05, 0) is 6.92 Å². The summed E-state index contributed by atoms with van der Waals surface area (Å²) in [4.78, 5) is 5.88. The van der Waals surface area contributed by atoms with E-state index in [1.807, 2.05) is 6.92 Å².